The van der Waals surface area contributed by atoms with Crippen LogP contribution in [0.2, 0.25) is 5.02 Å². The van der Waals surface area contributed by atoms with E-state index in [2.05, 4.69) is 21.4 Å². The highest BCUT2D eigenvalue weighted by Crippen LogP contribution is 2.38. The van der Waals surface area contributed by atoms with E-state index >= 15 is 0 Å². The SMILES string of the molecule is N#Cc1ccc(Nc2ncnc3c2c(-c2ccc(Cl)cc2)cn3[C@@H]2OC[C@@H](O)[C@H]2O)cc1. The number of fused-ring (bicyclic) bond motifs is 1. The number of nitriles is 1. The molecule has 5 rings (SSSR count). The predicted octanol–water partition coefficient (Wildman–Crippen LogP) is 3.62. The predicted molar refractivity (Wildman–Crippen MR) is 119 cm³/mol. The first kappa shape index (κ1) is 20.4. The van der Waals surface area contributed by atoms with E-state index in [9.17, 15) is 10.2 Å². The third-order valence-corrected chi connectivity index (χ3v) is 5.69. The van der Waals surface area contributed by atoms with Crippen molar-refractivity contribution in [1.82, 2.24) is 14.5 Å². The van der Waals surface area contributed by atoms with Gasteiger partial charge >= 0.3 is 0 Å². The number of rotatable bonds is 4. The van der Waals surface area contributed by atoms with Gasteiger partial charge in [0, 0.05) is 22.5 Å². The van der Waals surface area contributed by atoms with Crippen molar-refractivity contribution in [3.63, 3.8) is 0 Å². The van der Waals surface area contributed by atoms with Gasteiger partial charge in [-0.1, -0.05) is 23.7 Å². The van der Waals surface area contributed by atoms with E-state index in [1.54, 1.807) is 41.0 Å². The van der Waals surface area contributed by atoms with Crippen molar-refractivity contribution in [2.75, 3.05) is 11.9 Å². The van der Waals surface area contributed by atoms with Crippen LogP contribution < -0.4 is 5.32 Å². The molecule has 160 valence electrons. The number of benzene rings is 2. The highest BCUT2D eigenvalue weighted by molar-refractivity contribution is 6.30. The van der Waals surface area contributed by atoms with Crippen molar-refractivity contribution >= 4 is 34.1 Å². The van der Waals surface area contributed by atoms with E-state index in [0.29, 0.717) is 22.1 Å². The molecular weight excluding hydrogens is 430 g/mol. The number of hydrogen-bond acceptors (Lipinski definition) is 7. The Hall–Kier alpha value is -3.48. The van der Waals surface area contributed by atoms with E-state index < -0.39 is 18.4 Å². The first-order valence-corrected chi connectivity index (χ1v) is 10.3. The molecule has 0 aliphatic carbocycles. The van der Waals surface area contributed by atoms with Gasteiger partial charge in [-0.25, -0.2) is 9.97 Å². The van der Waals surface area contributed by atoms with Gasteiger partial charge in [-0.3, -0.25) is 0 Å². The summed E-state index contributed by atoms with van der Waals surface area (Å²) in [5, 5.41) is 34.1. The Morgan fingerprint density at radius 1 is 1.09 bits per heavy atom. The van der Waals surface area contributed by atoms with Crippen LogP contribution in [0.4, 0.5) is 11.5 Å². The lowest BCUT2D eigenvalue weighted by Crippen LogP contribution is -2.28. The second-order valence-electron chi connectivity index (χ2n) is 7.47. The molecular formula is C23H18ClN5O3. The molecule has 9 heteroatoms. The van der Waals surface area contributed by atoms with Crippen LogP contribution in [0, 0.1) is 11.3 Å². The normalized spacial score (nSPS) is 20.4. The fourth-order valence-corrected chi connectivity index (χ4v) is 3.94. The van der Waals surface area contributed by atoms with E-state index in [-0.39, 0.29) is 6.61 Å². The second-order valence-corrected chi connectivity index (χ2v) is 7.91. The lowest BCUT2D eigenvalue weighted by atomic mass is 10.1. The maximum Gasteiger partial charge on any atom is 0.164 e. The molecule has 3 N–H and O–H groups in total. The first-order valence-electron chi connectivity index (χ1n) is 9.91. The molecule has 4 aromatic rings. The lowest BCUT2D eigenvalue weighted by Gasteiger charge is -2.17. The number of aromatic nitrogens is 3. The molecule has 2 aromatic carbocycles. The molecule has 1 saturated heterocycles. The lowest BCUT2D eigenvalue weighted by molar-refractivity contribution is -0.0159. The monoisotopic (exact) mass is 447 g/mol. The Balaban J connectivity index is 1.67. The zero-order valence-electron chi connectivity index (χ0n) is 16.7. The summed E-state index contributed by atoms with van der Waals surface area (Å²) in [7, 11) is 0. The molecule has 0 spiro atoms. The summed E-state index contributed by atoms with van der Waals surface area (Å²) in [6.45, 7) is 0.0310. The third kappa shape index (κ3) is 3.57. The van der Waals surface area contributed by atoms with Gasteiger partial charge in [0.15, 0.2) is 6.23 Å². The maximum atomic E-state index is 10.4. The average molecular weight is 448 g/mol. The zero-order chi connectivity index (χ0) is 22.2. The topological polar surface area (TPSA) is 116 Å². The number of halogens is 1. The molecule has 32 heavy (non-hydrogen) atoms. The third-order valence-electron chi connectivity index (χ3n) is 5.44. The van der Waals surface area contributed by atoms with Crippen LogP contribution in [0.5, 0.6) is 0 Å². The van der Waals surface area contributed by atoms with Gasteiger partial charge in [-0.2, -0.15) is 5.26 Å². The minimum absolute atomic E-state index is 0.0310. The minimum Gasteiger partial charge on any atom is -0.388 e. The van der Waals surface area contributed by atoms with Gasteiger partial charge in [-0.05, 0) is 42.0 Å². The molecule has 8 nitrogen and oxygen atoms in total. The Morgan fingerprint density at radius 2 is 1.84 bits per heavy atom. The number of nitrogens with one attached hydrogen (secondary N) is 1. The minimum atomic E-state index is -1.09. The summed E-state index contributed by atoms with van der Waals surface area (Å²) in [5.41, 5.74) is 3.54. The fourth-order valence-electron chi connectivity index (χ4n) is 3.82. The number of nitrogens with zero attached hydrogens (tertiary/aromatic N) is 4. The summed E-state index contributed by atoms with van der Waals surface area (Å²) in [4.78, 5) is 8.89. The van der Waals surface area contributed by atoms with Gasteiger partial charge in [0.25, 0.3) is 0 Å². The molecule has 0 amide bonds. The van der Waals surface area contributed by atoms with Gasteiger partial charge in [0.1, 0.15) is 30.0 Å². The highest BCUT2D eigenvalue weighted by Gasteiger charge is 2.37. The van der Waals surface area contributed by atoms with Crippen LogP contribution >= 0.6 is 11.6 Å². The Labute approximate surface area is 188 Å². The van der Waals surface area contributed by atoms with Crippen molar-refractivity contribution < 1.29 is 14.9 Å². The Kier molecular flexibility index (Phi) is 5.25. The van der Waals surface area contributed by atoms with Gasteiger partial charge < -0.3 is 24.8 Å². The van der Waals surface area contributed by atoms with Crippen LogP contribution in [0.3, 0.4) is 0 Å². The molecule has 3 heterocycles. The fraction of sp³-hybridized carbons (Fsp3) is 0.174. The van der Waals surface area contributed by atoms with Crippen molar-refractivity contribution in [1.29, 1.82) is 5.26 Å². The zero-order valence-corrected chi connectivity index (χ0v) is 17.4. The summed E-state index contributed by atoms with van der Waals surface area (Å²) in [6.07, 6.45) is 0.404. The maximum absolute atomic E-state index is 10.4. The molecule has 0 bridgehead atoms. The molecule has 0 saturated carbocycles. The summed E-state index contributed by atoms with van der Waals surface area (Å²) >= 11 is 6.08. The molecule has 0 unspecified atom stereocenters. The highest BCUT2D eigenvalue weighted by atomic mass is 35.5. The number of aliphatic hydroxyl groups excluding tert-OH is 2. The van der Waals surface area contributed by atoms with E-state index in [1.165, 1.54) is 6.33 Å². The number of ether oxygens (including phenoxy) is 1. The standard InChI is InChI=1S/C23H18ClN5O3/c24-15-5-3-14(4-6-15)17-10-29(23-20(31)18(30)11-32-23)22-19(17)21(26-12-27-22)28-16-7-1-13(9-25)2-8-16/h1-8,10,12,18,20,23,30-31H,11H2,(H,26,27,28)/t18-,20-,23-/m1/s1. The van der Waals surface area contributed by atoms with E-state index in [1.807, 2.05) is 18.3 Å². The van der Waals surface area contributed by atoms with Crippen molar-refractivity contribution in [2.45, 2.75) is 18.4 Å². The van der Waals surface area contributed by atoms with Crippen LogP contribution in [0.15, 0.2) is 61.1 Å². The number of hydrogen-bond donors (Lipinski definition) is 3. The Morgan fingerprint density at radius 3 is 2.50 bits per heavy atom. The van der Waals surface area contributed by atoms with Crippen LogP contribution in [-0.4, -0.2) is 43.6 Å². The Bertz CT molecular complexity index is 1310. The molecule has 3 atom stereocenters. The quantitative estimate of drug-likeness (QED) is 0.437. The van der Waals surface area contributed by atoms with E-state index in [4.69, 9.17) is 21.6 Å². The molecule has 1 fully saturated rings. The number of aliphatic hydroxyl groups is 2. The van der Waals surface area contributed by atoms with E-state index in [0.717, 1.165) is 22.2 Å². The molecule has 0 radical (unpaired) electrons. The van der Waals surface area contributed by atoms with Crippen molar-refractivity contribution in [3.05, 3.63) is 71.6 Å². The largest absolute Gasteiger partial charge is 0.388 e. The summed E-state index contributed by atoms with van der Waals surface area (Å²) in [6, 6.07) is 16.5. The van der Waals surface area contributed by atoms with Crippen LogP contribution in [0.1, 0.15) is 11.8 Å². The van der Waals surface area contributed by atoms with Crippen LogP contribution in [-0.2, 0) is 4.74 Å². The summed E-state index contributed by atoms with van der Waals surface area (Å²) in [5.74, 6) is 0.552. The van der Waals surface area contributed by atoms with Crippen LogP contribution in [0.25, 0.3) is 22.2 Å². The first-order chi connectivity index (χ1) is 15.5. The second kappa shape index (κ2) is 8.22. The molecule has 1 aliphatic rings. The van der Waals surface area contributed by atoms with Crippen molar-refractivity contribution in [2.24, 2.45) is 0 Å². The van der Waals surface area contributed by atoms with Crippen molar-refractivity contribution in [3.8, 4) is 17.2 Å². The smallest absolute Gasteiger partial charge is 0.164 e. The average Bonchev–Trinajstić information content (AvgIpc) is 3.35. The molecule has 1 aliphatic heterocycles. The van der Waals surface area contributed by atoms with Gasteiger partial charge in [0.2, 0.25) is 0 Å². The van der Waals surface area contributed by atoms with Gasteiger partial charge in [0.05, 0.1) is 23.6 Å². The molecule has 2 aromatic heterocycles. The number of anilines is 2. The summed E-state index contributed by atoms with van der Waals surface area (Å²) < 4.78 is 7.37. The van der Waals surface area contributed by atoms with Gasteiger partial charge in [-0.15, -0.1) is 0 Å².